The number of hydrogen-bond donors (Lipinski definition) is 1. The number of carbonyl (C=O) groups excluding carboxylic acids is 1. The van der Waals surface area contributed by atoms with E-state index in [1.165, 1.54) is 11.8 Å². The number of hydrogen-bond acceptors (Lipinski definition) is 5. The standard InChI is InChI=1S/C22H22ClN5OS/c1-30-22(25-16-24)26-18-8-9-20(19(23)15-18)27-11-13-28(14-12-27)21(29)10-7-17-5-3-2-4-6-17/h2-10,15H,11-14H2,1H3,(H,25,26). The van der Waals surface area contributed by atoms with E-state index in [-0.39, 0.29) is 5.91 Å². The maximum atomic E-state index is 12.5. The number of nitrogens with zero attached hydrogens (tertiary/aromatic N) is 4. The smallest absolute Gasteiger partial charge is 0.246 e. The quantitative estimate of drug-likeness (QED) is 0.255. The van der Waals surface area contributed by atoms with Gasteiger partial charge in [-0.3, -0.25) is 10.1 Å². The van der Waals surface area contributed by atoms with Gasteiger partial charge in [0.05, 0.1) is 16.4 Å². The van der Waals surface area contributed by atoms with E-state index >= 15 is 0 Å². The summed E-state index contributed by atoms with van der Waals surface area (Å²) in [6.45, 7) is 2.69. The number of carbonyl (C=O) groups is 1. The molecule has 0 spiro atoms. The zero-order valence-corrected chi connectivity index (χ0v) is 18.2. The highest BCUT2D eigenvalue weighted by atomic mass is 35.5. The number of piperazine rings is 1. The monoisotopic (exact) mass is 439 g/mol. The van der Waals surface area contributed by atoms with Crippen molar-refractivity contribution in [3.05, 3.63) is 65.2 Å². The zero-order valence-electron chi connectivity index (χ0n) is 16.6. The van der Waals surface area contributed by atoms with Gasteiger partial charge in [0.15, 0.2) is 11.4 Å². The van der Waals surface area contributed by atoms with Crippen molar-refractivity contribution < 1.29 is 4.79 Å². The number of rotatable bonds is 4. The molecule has 154 valence electrons. The summed E-state index contributed by atoms with van der Waals surface area (Å²) in [4.78, 5) is 20.9. The summed E-state index contributed by atoms with van der Waals surface area (Å²) in [5, 5.41) is 12.4. The Labute approximate surface area is 185 Å². The lowest BCUT2D eigenvalue weighted by molar-refractivity contribution is -0.126. The summed E-state index contributed by atoms with van der Waals surface area (Å²) in [5.41, 5.74) is 2.60. The molecule has 6 nitrogen and oxygen atoms in total. The number of halogens is 1. The molecule has 1 aliphatic heterocycles. The molecule has 0 unspecified atom stereocenters. The number of amidine groups is 1. The largest absolute Gasteiger partial charge is 0.367 e. The Balaban J connectivity index is 1.60. The molecule has 0 bridgehead atoms. The number of benzene rings is 2. The number of nitriles is 1. The van der Waals surface area contributed by atoms with Crippen molar-refractivity contribution in [2.45, 2.75) is 0 Å². The minimum absolute atomic E-state index is 0.0175. The molecule has 1 heterocycles. The van der Waals surface area contributed by atoms with Gasteiger partial charge in [-0.25, -0.2) is 4.99 Å². The molecule has 1 saturated heterocycles. The summed E-state index contributed by atoms with van der Waals surface area (Å²) in [6, 6.07) is 15.4. The van der Waals surface area contributed by atoms with E-state index in [0.29, 0.717) is 42.1 Å². The van der Waals surface area contributed by atoms with Crippen LogP contribution in [0.5, 0.6) is 0 Å². The average Bonchev–Trinajstić information content (AvgIpc) is 2.78. The summed E-state index contributed by atoms with van der Waals surface area (Å²) in [7, 11) is 0. The highest BCUT2D eigenvalue weighted by Crippen LogP contribution is 2.31. The third-order valence-corrected chi connectivity index (χ3v) is 5.55. The fourth-order valence-corrected chi connectivity index (χ4v) is 3.76. The predicted octanol–water partition coefficient (Wildman–Crippen LogP) is 4.12. The van der Waals surface area contributed by atoms with Crippen LogP contribution < -0.4 is 10.2 Å². The molecule has 30 heavy (non-hydrogen) atoms. The normalized spacial score (nSPS) is 14.6. The van der Waals surface area contributed by atoms with Gasteiger partial charge in [-0.15, -0.1) is 0 Å². The second-order valence-electron chi connectivity index (χ2n) is 6.55. The molecule has 0 saturated carbocycles. The first kappa shape index (κ1) is 21.8. The van der Waals surface area contributed by atoms with E-state index in [1.54, 1.807) is 12.1 Å². The second-order valence-corrected chi connectivity index (χ2v) is 7.75. The lowest BCUT2D eigenvalue weighted by Crippen LogP contribution is -2.48. The van der Waals surface area contributed by atoms with Crippen molar-refractivity contribution in [2.75, 3.05) is 37.3 Å². The van der Waals surface area contributed by atoms with Gasteiger partial charge in [0, 0.05) is 32.3 Å². The van der Waals surface area contributed by atoms with Gasteiger partial charge in [0.2, 0.25) is 5.91 Å². The molecular weight excluding hydrogens is 418 g/mol. The SMILES string of the molecule is CSC(=Nc1ccc(N2CCN(C(=O)C=Cc3ccccc3)CC2)c(Cl)c1)NC#N. The first-order valence-electron chi connectivity index (χ1n) is 9.45. The molecule has 1 aliphatic rings. The van der Waals surface area contributed by atoms with Crippen molar-refractivity contribution in [1.82, 2.24) is 10.2 Å². The molecule has 3 rings (SSSR count). The van der Waals surface area contributed by atoms with E-state index in [0.717, 1.165) is 11.3 Å². The van der Waals surface area contributed by atoms with E-state index in [1.807, 2.05) is 65.9 Å². The van der Waals surface area contributed by atoms with Crippen molar-refractivity contribution in [3.8, 4) is 6.19 Å². The predicted molar refractivity (Wildman–Crippen MR) is 125 cm³/mol. The summed E-state index contributed by atoms with van der Waals surface area (Å²) < 4.78 is 0. The van der Waals surface area contributed by atoms with Gasteiger partial charge in [-0.2, -0.15) is 5.26 Å². The van der Waals surface area contributed by atoms with E-state index in [2.05, 4.69) is 15.2 Å². The molecule has 8 heteroatoms. The Morgan fingerprint density at radius 3 is 2.57 bits per heavy atom. The van der Waals surface area contributed by atoms with Crippen molar-refractivity contribution >= 4 is 51.9 Å². The van der Waals surface area contributed by atoms with Crippen LogP contribution in [0, 0.1) is 11.5 Å². The Bertz CT molecular complexity index is 979. The third-order valence-electron chi connectivity index (χ3n) is 4.67. The van der Waals surface area contributed by atoms with Crippen LogP contribution in [0.1, 0.15) is 5.56 Å². The Hall–Kier alpha value is -2.95. The zero-order chi connectivity index (χ0) is 21.3. The first-order valence-corrected chi connectivity index (χ1v) is 11.1. The average molecular weight is 440 g/mol. The molecule has 0 aliphatic carbocycles. The Morgan fingerprint density at radius 1 is 1.20 bits per heavy atom. The van der Waals surface area contributed by atoms with Gasteiger partial charge in [-0.1, -0.05) is 53.7 Å². The van der Waals surface area contributed by atoms with Crippen LogP contribution >= 0.6 is 23.4 Å². The summed E-state index contributed by atoms with van der Waals surface area (Å²) in [5.74, 6) is 0.0175. The molecule has 2 aromatic carbocycles. The summed E-state index contributed by atoms with van der Waals surface area (Å²) >= 11 is 7.84. The maximum absolute atomic E-state index is 12.5. The van der Waals surface area contributed by atoms with Gasteiger partial charge < -0.3 is 9.80 Å². The number of nitrogens with one attached hydrogen (secondary N) is 1. The van der Waals surface area contributed by atoms with Gasteiger partial charge in [0.25, 0.3) is 0 Å². The van der Waals surface area contributed by atoms with Gasteiger partial charge >= 0.3 is 0 Å². The van der Waals surface area contributed by atoms with Crippen LogP contribution in [0.2, 0.25) is 5.02 Å². The number of thioether (sulfide) groups is 1. The highest BCUT2D eigenvalue weighted by Gasteiger charge is 2.21. The molecule has 0 radical (unpaired) electrons. The van der Waals surface area contributed by atoms with Crippen LogP contribution in [-0.2, 0) is 4.79 Å². The highest BCUT2D eigenvalue weighted by molar-refractivity contribution is 8.13. The maximum Gasteiger partial charge on any atom is 0.246 e. The molecule has 0 aromatic heterocycles. The lowest BCUT2D eigenvalue weighted by atomic mass is 10.2. The molecule has 1 fully saturated rings. The minimum Gasteiger partial charge on any atom is -0.367 e. The van der Waals surface area contributed by atoms with Crippen molar-refractivity contribution in [3.63, 3.8) is 0 Å². The molecule has 2 aromatic rings. The van der Waals surface area contributed by atoms with E-state index in [9.17, 15) is 4.79 Å². The number of aliphatic imine (C=N–C) groups is 1. The molecule has 1 N–H and O–H groups in total. The van der Waals surface area contributed by atoms with Crippen LogP contribution in [0.3, 0.4) is 0 Å². The van der Waals surface area contributed by atoms with Crippen LogP contribution in [0.15, 0.2) is 59.6 Å². The molecule has 0 atom stereocenters. The fourth-order valence-electron chi connectivity index (χ4n) is 3.12. The van der Waals surface area contributed by atoms with E-state index < -0.39 is 0 Å². The lowest BCUT2D eigenvalue weighted by Gasteiger charge is -2.36. The van der Waals surface area contributed by atoms with Gasteiger partial charge in [0.1, 0.15) is 0 Å². The number of anilines is 1. The third kappa shape index (κ3) is 5.78. The van der Waals surface area contributed by atoms with Crippen LogP contribution in [0.25, 0.3) is 6.08 Å². The van der Waals surface area contributed by atoms with Gasteiger partial charge in [-0.05, 0) is 36.1 Å². The van der Waals surface area contributed by atoms with Crippen molar-refractivity contribution in [1.29, 1.82) is 5.26 Å². The second kappa shape index (κ2) is 10.7. The minimum atomic E-state index is 0.0175. The molecular formula is C22H22ClN5OS. The summed E-state index contributed by atoms with van der Waals surface area (Å²) in [6.07, 6.45) is 7.18. The Kier molecular flexibility index (Phi) is 7.77. The van der Waals surface area contributed by atoms with Crippen LogP contribution in [-0.4, -0.2) is 48.4 Å². The first-order chi connectivity index (χ1) is 14.6. The van der Waals surface area contributed by atoms with Crippen LogP contribution in [0.4, 0.5) is 11.4 Å². The number of amides is 1. The molecule has 1 amide bonds. The topological polar surface area (TPSA) is 71.7 Å². The fraction of sp³-hybridized carbons (Fsp3) is 0.227. The Morgan fingerprint density at radius 2 is 1.93 bits per heavy atom. The van der Waals surface area contributed by atoms with Crippen molar-refractivity contribution in [2.24, 2.45) is 4.99 Å². The van der Waals surface area contributed by atoms with E-state index in [4.69, 9.17) is 16.9 Å².